The van der Waals surface area contributed by atoms with Crippen molar-refractivity contribution in [2.45, 2.75) is 26.3 Å². The third kappa shape index (κ3) is 7.16. The van der Waals surface area contributed by atoms with Crippen molar-refractivity contribution in [2.75, 3.05) is 44.8 Å². The van der Waals surface area contributed by atoms with Crippen molar-refractivity contribution in [1.29, 1.82) is 0 Å². The van der Waals surface area contributed by atoms with Gasteiger partial charge in [-0.05, 0) is 36.6 Å². The molecule has 3 rings (SSSR count). The van der Waals surface area contributed by atoms with Crippen LogP contribution in [-0.2, 0) is 9.53 Å². The number of pyridine rings is 1. The lowest BCUT2D eigenvalue weighted by Gasteiger charge is -2.25. The van der Waals surface area contributed by atoms with Crippen molar-refractivity contribution in [1.82, 2.24) is 15.2 Å². The van der Waals surface area contributed by atoms with Gasteiger partial charge in [-0.3, -0.25) is 9.59 Å². The van der Waals surface area contributed by atoms with E-state index in [2.05, 4.69) is 15.6 Å². The van der Waals surface area contributed by atoms with Gasteiger partial charge >= 0.3 is 0 Å². The summed E-state index contributed by atoms with van der Waals surface area (Å²) in [7, 11) is 0. The van der Waals surface area contributed by atoms with Gasteiger partial charge in [-0.15, -0.1) is 0 Å². The third-order valence-electron chi connectivity index (χ3n) is 5.13. The van der Waals surface area contributed by atoms with E-state index in [1.807, 2.05) is 38.1 Å². The number of aliphatic hydroxyl groups excluding tert-OH is 1. The number of aliphatic hydroxyl groups is 1. The molecule has 0 spiro atoms. The molecule has 178 valence electrons. The van der Waals surface area contributed by atoms with Gasteiger partial charge in [0.15, 0.2) is 0 Å². The fourth-order valence-corrected chi connectivity index (χ4v) is 3.61. The summed E-state index contributed by atoms with van der Waals surface area (Å²) in [6, 6.07) is 10.4. The average Bonchev–Trinajstić information content (AvgIpc) is 2.81. The summed E-state index contributed by atoms with van der Waals surface area (Å²) in [5.74, 6) is 0.640. The molecule has 1 aliphatic rings. The minimum Gasteiger partial charge on any atom is -0.489 e. The topological polar surface area (TPSA) is 113 Å². The van der Waals surface area contributed by atoms with Crippen LogP contribution in [0.5, 0.6) is 5.75 Å². The predicted molar refractivity (Wildman–Crippen MR) is 125 cm³/mol. The molecule has 2 aromatic rings. The highest BCUT2D eigenvalue weighted by Crippen LogP contribution is 2.28. The van der Waals surface area contributed by atoms with Crippen LogP contribution in [-0.4, -0.2) is 72.4 Å². The van der Waals surface area contributed by atoms with Crippen LogP contribution in [0.1, 0.15) is 30.6 Å². The van der Waals surface area contributed by atoms with Gasteiger partial charge in [0.25, 0.3) is 5.91 Å². The summed E-state index contributed by atoms with van der Waals surface area (Å²) >= 11 is 0. The monoisotopic (exact) mass is 456 g/mol. The molecule has 0 saturated carbocycles. The first-order valence-electron chi connectivity index (χ1n) is 11.2. The summed E-state index contributed by atoms with van der Waals surface area (Å²) in [5, 5.41) is 15.6. The van der Waals surface area contributed by atoms with Crippen LogP contribution in [0.3, 0.4) is 0 Å². The Bertz CT molecular complexity index is 937. The highest BCUT2D eigenvalue weighted by Gasteiger charge is 2.24. The maximum absolute atomic E-state index is 13.4. The van der Waals surface area contributed by atoms with Gasteiger partial charge < -0.3 is 30.1 Å². The second-order valence-corrected chi connectivity index (χ2v) is 8.28. The first kappa shape index (κ1) is 24.5. The lowest BCUT2D eigenvalue weighted by atomic mass is 10.0. The van der Waals surface area contributed by atoms with E-state index >= 15 is 0 Å². The Labute approximate surface area is 194 Å². The number of anilines is 2. The number of rotatable bonds is 6. The number of aromatic nitrogens is 1. The molecular weight excluding hydrogens is 424 g/mol. The molecule has 1 aromatic carbocycles. The molecule has 0 bridgehead atoms. The van der Waals surface area contributed by atoms with Gasteiger partial charge in [-0.1, -0.05) is 26.0 Å². The normalized spacial score (nSPS) is 15.6. The second kappa shape index (κ2) is 12.2. The standard InChI is InChI=1S/C24H32N4O5/c1-17(2)14-18(16-29)26-22(30)15-28-10-11-32-12-13-33-21-8-4-3-7-20(21)27-23-19(24(28)31)6-5-9-25-23/h3-9,17-18,29H,10-16H2,1-2H3,(H,25,27)(H,26,30)/t18-/m0/s1. The Morgan fingerprint density at radius 2 is 2.03 bits per heavy atom. The highest BCUT2D eigenvalue weighted by molar-refractivity contribution is 6.01. The first-order chi connectivity index (χ1) is 16.0. The van der Waals surface area contributed by atoms with Crippen LogP contribution < -0.4 is 15.4 Å². The van der Waals surface area contributed by atoms with Crippen LogP contribution in [0.4, 0.5) is 11.5 Å². The lowest BCUT2D eigenvalue weighted by molar-refractivity contribution is -0.123. The molecule has 0 unspecified atom stereocenters. The minimum absolute atomic E-state index is 0.155. The van der Waals surface area contributed by atoms with Gasteiger partial charge in [0.05, 0.1) is 43.7 Å². The molecule has 33 heavy (non-hydrogen) atoms. The number of nitrogens with zero attached hydrogens (tertiary/aromatic N) is 2. The third-order valence-corrected chi connectivity index (χ3v) is 5.13. The Kier molecular flexibility index (Phi) is 9.03. The molecule has 1 atom stereocenters. The molecule has 2 amide bonds. The summed E-state index contributed by atoms with van der Waals surface area (Å²) in [6.45, 7) is 4.89. The molecule has 1 aromatic heterocycles. The van der Waals surface area contributed by atoms with Crippen LogP contribution in [0.25, 0.3) is 0 Å². The second-order valence-electron chi connectivity index (χ2n) is 8.28. The Hall–Kier alpha value is -3.17. The molecule has 0 saturated heterocycles. The van der Waals surface area contributed by atoms with Crippen molar-refractivity contribution in [3.63, 3.8) is 0 Å². The number of carbonyl (C=O) groups excluding carboxylic acids is 2. The molecule has 2 heterocycles. The summed E-state index contributed by atoms with van der Waals surface area (Å²) in [4.78, 5) is 31.9. The molecule has 9 nitrogen and oxygen atoms in total. The average molecular weight is 457 g/mol. The Morgan fingerprint density at radius 1 is 1.21 bits per heavy atom. The van der Waals surface area contributed by atoms with Crippen LogP contribution in [0, 0.1) is 5.92 Å². The molecule has 1 aliphatic heterocycles. The molecule has 9 heteroatoms. The largest absolute Gasteiger partial charge is 0.489 e. The van der Waals surface area contributed by atoms with E-state index in [1.165, 1.54) is 4.90 Å². The molecule has 3 N–H and O–H groups in total. The quantitative estimate of drug-likeness (QED) is 0.611. The molecule has 0 fully saturated rings. The van der Waals surface area contributed by atoms with E-state index < -0.39 is 0 Å². The van der Waals surface area contributed by atoms with Gasteiger partial charge in [0.2, 0.25) is 5.91 Å². The number of carbonyl (C=O) groups is 2. The SMILES string of the molecule is CC(C)C[C@@H](CO)NC(=O)CN1CCOCCOc2ccccc2Nc2ncccc2C1=O. The van der Waals surface area contributed by atoms with E-state index in [0.717, 1.165) is 0 Å². The predicted octanol–water partition coefficient (Wildman–Crippen LogP) is 2.20. The van der Waals surface area contributed by atoms with E-state index in [0.29, 0.717) is 48.4 Å². The number of para-hydroxylation sites is 2. The number of fused-ring (bicyclic) bond motifs is 2. The van der Waals surface area contributed by atoms with Crippen molar-refractivity contribution in [3.8, 4) is 5.75 Å². The van der Waals surface area contributed by atoms with Crippen molar-refractivity contribution < 1.29 is 24.2 Å². The zero-order valence-electron chi connectivity index (χ0n) is 19.1. The van der Waals surface area contributed by atoms with Crippen molar-refractivity contribution >= 4 is 23.3 Å². The fourth-order valence-electron chi connectivity index (χ4n) is 3.61. The maximum Gasteiger partial charge on any atom is 0.258 e. The van der Waals surface area contributed by atoms with E-state index in [9.17, 15) is 14.7 Å². The van der Waals surface area contributed by atoms with Crippen LogP contribution >= 0.6 is 0 Å². The first-order valence-corrected chi connectivity index (χ1v) is 11.2. The van der Waals surface area contributed by atoms with E-state index in [4.69, 9.17) is 9.47 Å². The van der Waals surface area contributed by atoms with Gasteiger partial charge in [0.1, 0.15) is 18.2 Å². The summed E-state index contributed by atoms with van der Waals surface area (Å²) in [5.41, 5.74) is 1.01. The van der Waals surface area contributed by atoms with E-state index in [1.54, 1.807) is 18.3 Å². The smallest absolute Gasteiger partial charge is 0.258 e. The number of benzene rings is 1. The van der Waals surface area contributed by atoms with Crippen molar-refractivity contribution in [3.05, 3.63) is 48.2 Å². The van der Waals surface area contributed by atoms with Gasteiger partial charge in [-0.25, -0.2) is 4.98 Å². The number of hydrogen-bond donors (Lipinski definition) is 3. The molecular formula is C24H32N4O5. The highest BCUT2D eigenvalue weighted by atomic mass is 16.5. The molecule has 0 aliphatic carbocycles. The number of amides is 2. The molecule has 0 radical (unpaired) electrons. The summed E-state index contributed by atoms with van der Waals surface area (Å²) < 4.78 is 11.5. The van der Waals surface area contributed by atoms with Gasteiger partial charge in [0, 0.05) is 12.7 Å². The number of ether oxygens (including phenoxy) is 2. The number of hydrogen-bond acceptors (Lipinski definition) is 7. The Balaban J connectivity index is 1.83. The Morgan fingerprint density at radius 3 is 2.82 bits per heavy atom. The minimum atomic E-state index is -0.357. The van der Waals surface area contributed by atoms with Crippen LogP contribution in [0.2, 0.25) is 0 Å². The van der Waals surface area contributed by atoms with Crippen molar-refractivity contribution in [2.24, 2.45) is 5.92 Å². The number of nitrogens with one attached hydrogen (secondary N) is 2. The van der Waals surface area contributed by atoms with Crippen LogP contribution in [0.15, 0.2) is 42.6 Å². The zero-order valence-corrected chi connectivity index (χ0v) is 19.1. The fraction of sp³-hybridized carbons (Fsp3) is 0.458. The van der Waals surface area contributed by atoms with E-state index in [-0.39, 0.29) is 44.2 Å². The summed E-state index contributed by atoms with van der Waals surface area (Å²) in [6.07, 6.45) is 2.24. The lowest BCUT2D eigenvalue weighted by Crippen LogP contribution is -2.46. The zero-order chi connectivity index (χ0) is 23.6. The van der Waals surface area contributed by atoms with Gasteiger partial charge in [-0.2, -0.15) is 0 Å². The maximum atomic E-state index is 13.4.